The Bertz CT molecular complexity index is 821. The zero-order chi connectivity index (χ0) is 16.6. The molecule has 1 aromatic carbocycles. The molecule has 0 radical (unpaired) electrons. The SMILES string of the molecule is CC(C)c1cc2[nH]c(CNC(O)c3cn(C)cn3)cc2cc1Cl. The van der Waals surface area contributed by atoms with Gasteiger partial charge in [-0.3, -0.25) is 5.32 Å². The maximum atomic E-state index is 10.1. The molecule has 0 aliphatic heterocycles. The molecule has 122 valence electrons. The van der Waals surface area contributed by atoms with Gasteiger partial charge in [-0.15, -0.1) is 0 Å². The summed E-state index contributed by atoms with van der Waals surface area (Å²) >= 11 is 6.34. The van der Waals surface area contributed by atoms with E-state index < -0.39 is 6.23 Å². The van der Waals surface area contributed by atoms with Crippen LogP contribution in [0.3, 0.4) is 0 Å². The van der Waals surface area contributed by atoms with Crippen molar-refractivity contribution in [1.82, 2.24) is 19.9 Å². The van der Waals surface area contributed by atoms with E-state index in [1.807, 2.05) is 19.2 Å². The average Bonchev–Trinajstić information content (AvgIpc) is 3.09. The number of H-pyrrole nitrogens is 1. The monoisotopic (exact) mass is 332 g/mol. The average molecular weight is 333 g/mol. The lowest BCUT2D eigenvalue weighted by atomic mass is 10.0. The Balaban J connectivity index is 1.76. The van der Waals surface area contributed by atoms with Gasteiger partial charge in [0.25, 0.3) is 0 Å². The minimum absolute atomic E-state index is 0.378. The number of aliphatic hydroxyl groups is 1. The number of benzene rings is 1. The second kappa shape index (κ2) is 6.35. The first-order valence-electron chi connectivity index (χ1n) is 7.64. The van der Waals surface area contributed by atoms with Crippen LogP contribution in [-0.4, -0.2) is 19.6 Å². The number of hydrogen-bond donors (Lipinski definition) is 3. The van der Waals surface area contributed by atoms with E-state index in [0.29, 0.717) is 18.2 Å². The third kappa shape index (κ3) is 3.42. The number of fused-ring (bicyclic) bond motifs is 1. The molecule has 23 heavy (non-hydrogen) atoms. The molecule has 0 saturated carbocycles. The largest absolute Gasteiger partial charge is 0.373 e. The molecule has 3 rings (SSSR count). The van der Waals surface area contributed by atoms with Crippen LogP contribution < -0.4 is 5.32 Å². The molecule has 2 heterocycles. The minimum Gasteiger partial charge on any atom is -0.373 e. The molecular formula is C17H21ClN4O. The van der Waals surface area contributed by atoms with Gasteiger partial charge in [-0.2, -0.15) is 0 Å². The summed E-state index contributed by atoms with van der Waals surface area (Å²) in [5.74, 6) is 0.378. The van der Waals surface area contributed by atoms with Crippen LogP contribution in [0.25, 0.3) is 10.9 Å². The first kappa shape index (κ1) is 16.1. The Morgan fingerprint density at radius 3 is 2.78 bits per heavy atom. The second-order valence-corrected chi connectivity index (χ2v) is 6.56. The number of imidazole rings is 1. The normalized spacial score (nSPS) is 13.1. The lowest BCUT2D eigenvalue weighted by molar-refractivity contribution is 0.132. The Kier molecular flexibility index (Phi) is 4.43. The number of aryl methyl sites for hydroxylation is 1. The number of rotatable bonds is 5. The van der Waals surface area contributed by atoms with Crippen molar-refractivity contribution < 1.29 is 5.11 Å². The van der Waals surface area contributed by atoms with E-state index in [2.05, 4.69) is 35.2 Å². The van der Waals surface area contributed by atoms with Gasteiger partial charge in [0, 0.05) is 41.4 Å². The number of aromatic nitrogens is 3. The van der Waals surface area contributed by atoms with Crippen LogP contribution in [0.1, 0.15) is 42.9 Å². The molecule has 0 aliphatic carbocycles. The Morgan fingerprint density at radius 1 is 1.35 bits per heavy atom. The summed E-state index contributed by atoms with van der Waals surface area (Å²) in [4.78, 5) is 7.51. The molecule has 5 nitrogen and oxygen atoms in total. The summed E-state index contributed by atoms with van der Waals surface area (Å²) in [6.07, 6.45) is 2.66. The molecule has 3 N–H and O–H groups in total. The topological polar surface area (TPSA) is 65.9 Å². The maximum Gasteiger partial charge on any atom is 0.149 e. The molecular weight excluding hydrogens is 312 g/mol. The molecule has 1 atom stereocenters. The number of nitrogens with one attached hydrogen (secondary N) is 2. The smallest absolute Gasteiger partial charge is 0.149 e. The summed E-state index contributed by atoms with van der Waals surface area (Å²) in [7, 11) is 1.87. The van der Waals surface area contributed by atoms with Crippen LogP contribution in [0.2, 0.25) is 5.02 Å². The lowest BCUT2D eigenvalue weighted by Gasteiger charge is -2.09. The molecule has 0 saturated heterocycles. The maximum absolute atomic E-state index is 10.1. The molecule has 6 heteroatoms. The van der Waals surface area contributed by atoms with Gasteiger partial charge in [-0.1, -0.05) is 25.4 Å². The highest BCUT2D eigenvalue weighted by Gasteiger charge is 2.12. The fraction of sp³-hybridized carbons (Fsp3) is 0.353. The van der Waals surface area contributed by atoms with Crippen LogP contribution in [0.4, 0.5) is 0 Å². The molecule has 1 unspecified atom stereocenters. The predicted octanol–water partition coefficient (Wildman–Crippen LogP) is 3.46. The van der Waals surface area contributed by atoms with Gasteiger partial charge in [0.05, 0.1) is 6.33 Å². The molecule has 3 aromatic rings. The van der Waals surface area contributed by atoms with Crippen LogP contribution in [0, 0.1) is 0 Å². The quantitative estimate of drug-likeness (QED) is 0.627. The van der Waals surface area contributed by atoms with Crippen LogP contribution >= 0.6 is 11.6 Å². The highest BCUT2D eigenvalue weighted by atomic mass is 35.5. The summed E-state index contributed by atoms with van der Waals surface area (Å²) in [5.41, 5.74) is 3.79. The summed E-state index contributed by atoms with van der Waals surface area (Å²) < 4.78 is 1.80. The predicted molar refractivity (Wildman–Crippen MR) is 92.4 cm³/mol. The van der Waals surface area contributed by atoms with E-state index in [9.17, 15) is 5.11 Å². The number of halogens is 1. The standard InChI is InChI=1S/C17H21ClN4O/c1-10(2)13-6-15-11(5-14(13)18)4-12(21-15)7-19-17(23)16-8-22(3)9-20-16/h4-6,8-10,17,19,21,23H,7H2,1-3H3. The van der Waals surface area contributed by atoms with Crippen molar-refractivity contribution in [3.05, 3.63) is 52.7 Å². The highest BCUT2D eigenvalue weighted by Crippen LogP contribution is 2.29. The van der Waals surface area contributed by atoms with E-state index in [-0.39, 0.29) is 0 Å². The van der Waals surface area contributed by atoms with Gasteiger partial charge in [0.2, 0.25) is 0 Å². The third-order valence-electron chi connectivity index (χ3n) is 3.91. The van der Waals surface area contributed by atoms with Crippen molar-refractivity contribution in [1.29, 1.82) is 0 Å². The lowest BCUT2D eigenvalue weighted by Crippen LogP contribution is -2.20. The van der Waals surface area contributed by atoms with E-state index in [4.69, 9.17) is 11.6 Å². The minimum atomic E-state index is -0.794. The van der Waals surface area contributed by atoms with E-state index in [1.54, 1.807) is 17.1 Å². The van der Waals surface area contributed by atoms with Crippen LogP contribution in [0.5, 0.6) is 0 Å². The van der Waals surface area contributed by atoms with Gasteiger partial charge in [0.15, 0.2) is 0 Å². The Hall–Kier alpha value is -1.82. The number of aromatic amines is 1. The Labute approximate surface area is 140 Å². The Morgan fingerprint density at radius 2 is 2.13 bits per heavy atom. The molecule has 0 amide bonds. The first-order chi connectivity index (χ1) is 10.9. The van der Waals surface area contributed by atoms with Gasteiger partial charge in [-0.25, -0.2) is 4.98 Å². The van der Waals surface area contributed by atoms with Crippen molar-refractivity contribution in [2.24, 2.45) is 7.05 Å². The van der Waals surface area contributed by atoms with Gasteiger partial charge in [-0.05, 0) is 29.7 Å². The summed E-state index contributed by atoms with van der Waals surface area (Å²) in [6, 6.07) is 6.13. The molecule has 0 spiro atoms. The molecule has 0 fully saturated rings. The second-order valence-electron chi connectivity index (χ2n) is 6.16. The molecule has 0 bridgehead atoms. The fourth-order valence-electron chi connectivity index (χ4n) is 2.65. The fourth-order valence-corrected chi connectivity index (χ4v) is 3.04. The number of aliphatic hydroxyl groups excluding tert-OH is 1. The molecule has 2 aromatic heterocycles. The van der Waals surface area contributed by atoms with Crippen molar-refractivity contribution in [3.63, 3.8) is 0 Å². The van der Waals surface area contributed by atoms with E-state index >= 15 is 0 Å². The van der Waals surface area contributed by atoms with E-state index in [0.717, 1.165) is 27.2 Å². The number of hydrogen-bond acceptors (Lipinski definition) is 3. The first-order valence-corrected chi connectivity index (χ1v) is 8.02. The van der Waals surface area contributed by atoms with Gasteiger partial charge < -0.3 is 14.7 Å². The van der Waals surface area contributed by atoms with Crippen molar-refractivity contribution in [2.45, 2.75) is 32.5 Å². The van der Waals surface area contributed by atoms with Gasteiger partial charge >= 0.3 is 0 Å². The zero-order valence-corrected chi connectivity index (χ0v) is 14.2. The summed E-state index contributed by atoms with van der Waals surface area (Å²) in [6.45, 7) is 4.77. The van der Waals surface area contributed by atoms with Crippen LogP contribution in [-0.2, 0) is 13.6 Å². The van der Waals surface area contributed by atoms with E-state index in [1.165, 1.54) is 0 Å². The van der Waals surface area contributed by atoms with Crippen molar-refractivity contribution in [3.8, 4) is 0 Å². The zero-order valence-electron chi connectivity index (χ0n) is 13.5. The van der Waals surface area contributed by atoms with Crippen molar-refractivity contribution >= 4 is 22.5 Å². The number of nitrogens with zero attached hydrogens (tertiary/aromatic N) is 2. The summed E-state index contributed by atoms with van der Waals surface area (Å²) in [5, 5.41) is 15.0. The molecule has 0 aliphatic rings. The van der Waals surface area contributed by atoms with Crippen LogP contribution in [0.15, 0.2) is 30.7 Å². The highest BCUT2D eigenvalue weighted by molar-refractivity contribution is 6.32. The third-order valence-corrected chi connectivity index (χ3v) is 4.23. The van der Waals surface area contributed by atoms with Crippen molar-refractivity contribution in [2.75, 3.05) is 0 Å². The van der Waals surface area contributed by atoms with Gasteiger partial charge in [0.1, 0.15) is 11.9 Å².